The quantitative estimate of drug-likeness (QED) is 0.872. The first-order chi connectivity index (χ1) is 13.0. The SMILES string of the molecule is Cc1c(CN2CCN(C)CC2)c(O)n(CCc2ccccc2)c(=O)c1C#N. The number of nitriles is 1. The molecule has 2 heterocycles. The Balaban J connectivity index is 1.91. The molecule has 1 aromatic carbocycles. The maximum absolute atomic E-state index is 12.7. The van der Waals surface area contributed by atoms with E-state index in [1.54, 1.807) is 6.92 Å². The van der Waals surface area contributed by atoms with Gasteiger partial charge in [-0.2, -0.15) is 5.26 Å². The summed E-state index contributed by atoms with van der Waals surface area (Å²) in [5, 5.41) is 20.3. The van der Waals surface area contributed by atoms with Crippen LogP contribution < -0.4 is 5.56 Å². The smallest absolute Gasteiger partial charge is 0.271 e. The van der Waals surface area contributed by atoms with Gasteiger partial charge in [0.25, 0.3) is 5.56 Å². The third-order valence-electron chi connectivity index (χ3n) is 5.37. The molecule has 1 saturated heterocycles. The van der Waals surface area contributed by atoms with Crippen molar-refractivity contribution in [1.82, 2.24) is 14.4 Å². The fourth-order valence-corrected chi connectivity index (χ4v) is 3.52. The van der Waals surface area contributed by atoms with Crippen LogP contribution in [0.1, 0.15) is 22.3 Å². The minimum Gasteiger partial charge on any atom is -0.494 e. The molecule has 1 N–H and O–H groups in total. The van der Waals surface area contributed by atoms with Crippen molar-refractivity contribution in [1.29, 1.82) is 5.26 Å². The maximum Gasteiger partial charge on any atom is 0.271 e. The molecule has 1 aliphatic heterocycles. The molecule has 0 radical (unpaired) electrons. The van der Waals surface area contributed by atoms with Gasteiger partial charge in [-0.15, -0.1) is 0 Å². The van der Waals surface area contributed by atoms with Gasteiger partial charge >= 0.3 is 0 Å². The standard InChI is InChI=1S/C21H26N4O2/c1-16-18(14-22)20(26)25(9-8-17-6-4-3-5-7-17)21(27)19(16)15-24-12-10-23(2)11-13-24/h3-7,27H,8-13,15H2,1-2H3. The summed E-state index contributed by atoms with van der Waals surface area (Å²) in [5.74, 6) is -0.00800. The summed E-state index contributed by atoms with van der Waals surface area (Å²) < 4.78 is 1.35. The predicted molar refractivity (Wildman–Crippen MR) is 105 cm³/mol. The Morgan fingerprint density at radius 3 is 2.44 bits per heavy atom. The summed E-state index contributed by atoms with van der Waals surface area (Å²) in [4.78, 5) is 17.2. The zero-order valence-electron chi connectivity index (χ0n) is 16.0. The lowest BCUT2D eigenvalue weighted by molar-refractivity contribution is 0.146. The van der Waals surface area contributed by atoms with E-state index in [1.807, 2.05) is 36.4 Å². The highest BCUT2D eigenvalue weighted by atomic mass is 16.3. The molecule has 6 nitrogen and oxygen atoms in total. The van der Waals surface area contributed by atoms with Gasteiger partial charge in [0.1, 0.15) is 11.6 Å². The summed E-state index contributed by atoms with van der Waals surface area (Å²) >= 11 is 0. The van der Waals surface area contributed by atoms with Gasteiger partial charge < -0.3 is 10.0 Å². The van der Waals surface area contributed by atoms with Crippen LogP contribution in [0.2, 0.25) is 0 Å². The molecular weight excluding hydrogens is 340 g/mol. The van der Waals surface area contributed by atoms with Crippen molar-refractivity contribution in [3.63, 3.8) is 0 Å². The molecule has 1 aliphatic rings. The lowest BCUT2D eigenvalue weighted by atomic mass is 10.0. The molecule has 27 heavy (non-hydrogen) atoms. The van der Waals surface area contributed by atoms with Crippen LogP contribution in [-0.4, -0.2) is 52.7 Å². The Kier molecular flexibility index (Phi) is 5.94. The Labute approximate surface area is 159 Å². The fraction of sp³-hybridized carbons (Fsp3) is 0.429. The van der Waals surface area contributed by atoms with Crippen molar-refractivity contribution in [2.45, 2.75) is 26.4 Å². The van der Waals surface area contributed by atoms with Gasteiger partial charge in [0.05, 0.1) is 0 Å². The number of aromatic hydroxyl groups is 1. The van der Waals surface area contributed by atoms with Crippen LogP contribution >= 0.6 is 0 Å². The zero-order chi connectivity index (χ0) is 19.4. The number of hydrogen-bond donors (Lipinski definition) is 1. The molecule has 0 bridgehead atoms. The van der Waals surface area contributed by atoms with Crippen LogP contribution in [0.3, 0.4) is 0 Å². The Morgan fingerprint density at radius 1 is 1.15 bits per heavy atom. The minimum absolute atomic E-state index is 0.00800. The van der Waals surface area contributed by atoms with E-state index in [0.717, 1.165) is 31.7 Å². The van der Waals surface area contributed by atoms with Crippen molar-refractivity contribution in [3.05, 3.63) is 62.9 Å². The second-order valence-electron chi connectivity index (χ2n) is 7.19. The summed E-state index contributed by atoms with van der Waals surface area (Å²) in [6.45, 7) is 6.40. The molecule has 142 valence electrons. The van der Waals surface area contributed by atoms with E-state index in [9.17, 15) is 15.2 Å². The van der Waals surface area contributed by atoms with Crippen LogP contribution in [0.25, 0.3) is 0 Å². The lowest BCUT2D eigenvalue weighted by Crippen LogP contribution is -2.44. The van der Waals surface area contributed by atoms with Crippen molar-refractivity contribution < 1.29 is 5.11 Å². The largest absolute Gasteiger partial charge is 0.494 e. The molecule has 2 aromatic rings. The van der Waals surface area contributed by atoms with Crippen molar-refractivity contribution in [3.8, 4) is 11.9 Å². The molecule has 0 saturated carbocycles. The number of benzene rings is 1. The fourth-order valence-electron chi connectivity index (χ4n) is 3.52. The zero-order valence-corrected chi connectivity index (χ0v) is 16.0. The number of likely N-dealkylation sites (N-methyl/N-ethyl adjacent to an activating group) is 1. The van der Waals surface area contributed by atoms with E-state index in [0.29, 0.717) is 30.6 Å². The highest BCUT2D eigenvalue weighted by Crippen LogP contribution is 2.24. The van der Waals surface area contributed by atoms with Crippen LogP contribution in [0.5, 0.6) is 5.88 Å². The molecule has 0 aliphatic carbocycles. The number of aryl methyl sites for hydroxylation is 1. The van der Waals surface area contributed by atoms with Gasteiger partial charge in [0.2, 0.25) is 0 Å². The number of hydrogen-bond acceptors (Lipinski definition) is 5. The highest BCUT2D eigenvalue weighted by molar-refractivity contribution is 5.45. The van der Waals surface area contributed by atoms with E-state index >= 15 is 0 Å². The van der Waals surface area contributed by atoms with E-state index in [2.05, 4.69) is 16.8 Å². The second-order valence-corrected chi connectivity index (χ2v) is 7.19. The topological polar surface area (TPSA) is 72.5 Å². The van der Waals surface area contributed by atoms with Gasteiger partial charge in [-0.05, 0) is 31.5 Å². The van der Waals surface area contributed by atoms with Crippen molar-refractivity contribution >= 4 is 0 Å². The number of nitrogens with zero attached hydrogens (tertiary/aromatic N) is 4. The maximum atomic E-state index is 12.7. The molecule has 0 unspecified atom stereocenters. The number of aromatic nitrogens is 1. The molecule has 0 atom stereocenters. The first kappa shape index (κ1) is 19.2. The summed E-state index contributed by atoms with van der Waals surface area (Å²) in [7, 11) is 2.09. The average molecular weight is 366 g/mol. The van der Waals surface area contributed by atoms with Gasteiger partial charge in [-0.1, -0.05) is 30.3 Å². The molecule has 0 amide bonds. The Bertz CT molecular complexity index is 891. The van der Waals surface area contributed by atoms with Gasteiger partial charge in [0, 0.05) is 44.8 Å². The van der Waals surface area contributed by atoms with Crippen LogP contribution in [-0.2, 0) is 19.5 Å². The van der Waals surface area contributed by atoms with Gasteiger partial charge in [0.15, 0.2) is 5.88 Å². The number of rotatable bonds is 5. The molecule has 0 spiro atoms. The Morgan fingerprint density at radius 2 is 1.81 bits per heavy atom. The third-order valence-corrected chi connectivity index (χ3v) is 5.37. The second kappa shape index (κ2) is 8.38. The van der Waals surface area contributed by atoms with Crippen molar-refractivity contribution in [2.24, 2.45) is 0 Å². The van der Waals surface area contributed by atoms with Gasteiger partial charge in [-0.3, -0.25) is 14.3 Å². The normalized spacial score (nSPS) is 15.6. The molecule has 1 aromatic heterocycles. The van der Waals surface area contributed by atoms with Crippen LogP contribution in [0.4, 0.5) is 0 Å². The van der Waals surface area contributed by atoms with Crippen LogP contribution in [0.15, 0.2) is 35.1 Å². The van der Waals surface area contributed by atoms with E-state index < -0.39 is 5.56 Å². The number of piperazine rings is 1. The number of pyridine rings is 1. The monoisotopic (exact) mass is 366 g/mol. The molecule has 1 fully saturated rings. The third kappa shape index (κ3) is 4.21. The lowest BCUT2D eigenvalue weighted by Gasteiger charge is -2.33. The molecule has 3 rings (SSSR count). The van der Waals surface area contributed by atoms with Crippen molar-refractivity contribution in [2.75, 3.05) is 33.2 Å². The first-order valence-corrected chi connectivity index (χ1v) is 9.31. The van der Waals surface area contributed by atoms with E-state index in [-0.39, 0.29) is 11.4 Å². The van der Waals surface area contributed by atoms with E-state index in [4.69, 9.17) is 0 Å². The average Bonchev–Trinajstić information content (AvgIpc) is 2.68. The predicted octanol–water partition coefficient (Wildman–Crippen LogP) is 1.72. The minimum atomic E-state index is -0.412. The summed E-state index contributed by atoms with van der Waals surface area (Å²) in [6, 6.07) is 11.9. The van der Waals surface area contributed by atoms with E-state index in [1.165, 1.54) is 4.57 Å². The van der Waals surface area contributed by atoms with Crippen LogP contribution in [0, 0.1) is 18.3 Å². The summed E-state index contributed by atoms with van der Waals surface area (Å²) in [6.07, 6.45) is 0.621. The molecular formula is C21H26N4O2. The molecule has 6 heteroatoms. The first-order valence-electron chi connectivity index (χ1n) is 9.31. The van der Waals surface area contributed by atoms with Gasteiger partial charge in [-0.25, -0.2) is 0 Å². The summed E-state index contributed by atoms with van der Waals surface area (Å²) in [5.41, 5.74) is 2.08. The highest BCUT2D eigenvalue weighted by Gasteiger charge is 2.22. The Hall–Kier alpha value is -2.62.